The van der Waals surface area contributed by atoms with E-state index in [1.54, 1.807) is 24.3 Å². The van der Waals surface area contributed by atoms with Crippen LogP contribution >= 0.6 is 11.6 Å². The number of nitrogens with one attached hydrogen (secondary N) is 2. The van der Waals surface area contributed by atoms with Crippen LogP contribution in [0.25, 0.3) is 0 Å². The van der Waals surface area contributed by atoms with Gasteiger partial charge in [0.05, 0.1) is 0 Å². The Morgan fingerprint density at radius 3 is 2.41 bits per heavy atom. The first-order valence-corrected chi connectivity index (χ1v) is 8.00. The lowest BCUT2D eigenvalue weighted by Gasteiger charge is -2.24. The van der Waals surface area contributed by atoms with Gasteiger partial charge in [0.25, 0.3) is 5.91 Å². The third-order valence-electron chi connectivity index (χ3n) is 3.99. The van der Waals surface area contributed by atoms with Gasteiger partial charge in [0, 0.05) is 22.3 Å². The quantitative estimate of drug-likeness (QED) is 0.881. The molecule has 1 fully saturated rings. The molecule has 2 aromatic carbocycles. The van der Waals surface area contributed by atoms with Gasteiger partial charge in [-0.05, 0) is 61.3 Å². The van der Waals surface area contributed by atoms with Gasteiger partial charge < -0.3 is 10.6 Å². The highest BCUT2D eigenvalue weighted by atomic mass is 35.5. The van der Waals surface area contributed by atoms with Gasteiger partial charge in [0.1, 0.15) is 0 Å². The van der Waals surface area contributed by atoms with Crippen molar-refractivity contribution in [2.45, 2.75) is 25.3 Å². The van der Waals surface area contributed by atoms with Crippen LogP contribution in [0.15, 0.2) is 48.5 Å². The Balaban J connectivity index is 1.65. The van der Waals surface area contributed by atoms with Crippen LogP contribution in [0, 0.1) is 0 Å². The molecule has 1 unspecified atom stereocenters. The van der Waals surface area contributed by atoms with E-state index in [0.29, 0.717) is 16.6 Å². The first-order valence-electron chi connectivity index (χ1n) is 7.62. The summed E-state index contributed by atoms with van der Waals surface area (Å²) >= 11 is 5.83. The summed E-state index contributed by atoms with van der Waals surface area (Å²) in [6, 6.07) is 15.4. The Morgan fingerprint density at radius 1 is 1.05 bits per heavy atom. The van der Waals surface area contributed by atoms with Crippen molar-refractivity contribution in [2.75, 3.05) is 11.9 Å². The molecule has 0 radical (unpaired) electrons. The van der Waals surface area contributed by atoms with Crippen LogP contribution in [-0.2, 0) is 0 Å². The smallest absolute Gasteiger partial charge is 0.255 e. The summed E-state index contributed by atoms with van der Waals surface area (Å²) in [4.78, 5) is 12.1. The topological polar surface area (TPSA) is 41.1 Å². The fourth-order valence-corrected chi connectivity index (χ4v) is 2.87. The minimum atomic E-state index is -0.125. The highest BCUT2D eigenvalue weighted by molar-refractivity contribution is 6.30. The number of carbonyl (C=O) groups is 1. The zero-order chi connectivity index (χ0) is 15.4. The molecule has 1 amide bonds. The Morgan fingerprint density at radius 2 is 1.77 bits per heavy atom. The molecule has 3 rings (SSSR count). The molecule has 0 aromatic heterocycles. The van der Waals surface area contributed by atoms with Crippen molar-refractivity contribution < 1.29 is 4.79 Å². The average molecular weight is 315 g/mol. The molecule has 1 aliphatic rings. The number of hydrogen-bond donors (Lipinski definition) is 2. The highest BCUT2D eigenvalue weighted by Crippen LogP contribution is 2.24. The molecule has 22 heavy (non-hydrogen) atoms. The SMILES string of the molecule is O=C(Nc1ccc(C2CCCCN2)cc1)c1ccc(Cl)cc1. The van der Waals surface area contributed by atoms with Crippen LogP contribution in [0.4, 0.5) is 5.69 Å². The standard InChI is InChI=1S/C18H19ClN2O/c19-15-8-4-14(5-9-15)18(22)21-16-10-6-13(7-11-16)17-3-1-2-12-20-17/h4-11,17,20H,1-3,12H2,(H,21,22). The van der Waals surface area contributed by atoms with E-state index in [0.717, 1.165) is 12.2 Å². The van der Waals surface area contributed by atoms with E-state index >= 15 is 0 Å². The van der Waals surface area contributed by atoms with Gasteiger partial charge in [-0.15, -0.1) is 0 Å². The lowest BCUT2D eigenvalue weighted by Crippen LogP contribution is -2.26. The molecular formula is C18H19ClN2O. The number of amides is 1. The van der Waals surface area contributed by atoms with E-state index in [2.05, 4.69) is 22.8 Å². The molecule has 1 atom stereocenters. The largest absolute Gasteiger partial charge is 0.322 e. The van der Waals surface area contributed by atoms with Crippen molar-refractivity contribution >= 4 is 23.2 Å². The Hall–Kier alpha value is -1.84. The zero-order valence-corrected chi connectivity index (χ0v) is 13.1. The molecular weight excluding hydrogens is 296 g/mol. The minimum Gasteiger partial charge on any atom is -0.322 e. The van der Waals surface area contributed by atoms with Gasteiger partial charge in [-0.25, -0.2) is 0 Å². The van der Waals surface area contributed by atoms with E-state index in [1.165, 1.54) is 24.8 Å². The summed E-state index contributed by atoms with van der Waals surface area (Å²) < 4.78 is 0. The van der Waals surface area contributed by atoms with Crippen LogP contribution in [0.5, 0.6) is 0 Å². The number of benzene rings is 2. The molecule has 2 aromatic rings. The predicted octanol–water partition coefficient (Wildman–Crippen LogP) is 4.41. The normalized spacial score (nSPS) is 18.0. The number of rotatable bonds is 3. The number of carbonyl (C=O) groups excluding carboxylic acids is 1. The van der Waals surface area contributed by atoms with Crippen molar-refractivity contribution in [3.63, 3.8) is 0 Å². The van der Waals surface area contributed by atoms with Gasteiger partial charge in [0.2, 0.25) is 0 Å². The molecule has 0 saturated carbocycles. The maximum absolute atomic E-state index is 12.1. The highest BCUT2D eigenvalue weighted by Gasteiger charge is 2.14. The lowest BCUT2D eigenvalue weighted by atomic mass is 9.97. The van der Waals surface area contributed by atoms with Crippen molar-refractivity contribution in [1.29, 1.82) is 0 Å². The van der Waals surface area contributed by atoms with Crippen molar-refractivity contribution in [3.05, 3.63) is 64.7 Å². The molecule has 0 spiro atoms. The van der Waals surface area contributed by atoms with E-state index in [9.17, 15) is 4.79 Å². The van der Waals surface area contributed by atoms with Gasteiger partial charge in [0.15, 0.2) is 0 Å². The molecule has 1 aliphatic heterocycles. The second-order valence-electron chi connectivity index (χ2n) is 5.59. The molecule has 2 N–H and O–H groups in total. The fraction of sp³-hybridized carbons (Fsp3) is 0.278. The summed E-state index contributed by atoms with van der Waals surface area (Å²) in [5, 5.41) is 7.06. The summed E-state index contributed by atoms with van der Waals surface area (Å²) in [5.74, 6) is -0.125. The monoisotopic (exact) mass is 314 g/mol. The van der Waals surface area contributed by atoms with Crippen LogP contribution in [0.3, 0.4) is 0 Å². The van der Waals surface area contributed by atoms with Gasteiger partial charge in [-0.2, -0.15) is 0 Å². The van der Waals surface area contributed by atoms with Gasteiger partial charge >= 0.3 is 0 Å². The number of hydrogen-bond acceptors (Lipinski definition) is 2. The van der Waals surface area contributed by atoms with Crippen LogP contribution in [-0.4, -0.2) is 12.5 Å². The van der Waals surface area contributed by atoms with Crippen molar-refractivity contribution in [1.82, 2.24) is 5.32 Å². The summed E-state index contributed by atoms with van der Waals surface area (Å²) in [6.07, 6.45) is 3.70. The molecule has 4 heteroatoms. The predicted molar refractivity (Wildman–Crippen MR) is 90.4 cm³/mol. The molecule has 1 saturated heterocycles. The Labute approximate surface area is 135 Å². The summed E-state index contributed by atoms with van der Waals surface area (Å²) in [6.45, 7) is 1.08. The Bertz CT molecular complexity index is 631. The van der Waals surface area contributed by atoms with E-state index < -0.39 is 0 Å². The van der Waals surface area contributed by atoms with E-state index in [1.807, 2.05) is 12.1 Å². The van der Waals surface area contributed by atoms with Gasteiger partial charge in [-0.3, -0.25) is 4.79 Å². The first kappa shape index (κ1) is 15.1. The first-order chi connectivity index (χ1) is 10.7. The van der Waals surface area contributed by atoms with Crippen LogP contribution < -0.4 is 10.6 Å². The maximum atomic E-state index is 12.1. The second-order valence-corrected chi connectivity index (χ2v) is 6.02. The van der Waals surface area contributed by atoms with E-state index in [-0.39, 0.29) is 5.91 Å². The number of anilines is 1. The molecule has 1 heterocycles. The maximum Gasteiger partial charge on any atom is 0.255 e. The third kappa shape index (κ3) is 3.67. The molecule has 0 bridgehead atoms. The Kier molecular flexibility index (Phi) is 4.76. The summed E-state index contributed by atoms with van der Waals surface area (Å²) in [7, 11) is 0. The molecule has 3 nitrogen and oxygen atoms in total. The zero-order valence-electron chi connectivity index (χ0n) is 12.3. The van der Waals surface area contributed by atoms with Crippen LogP contribution in [0.2, 0.25) is 5.02 Å². The average Bonchev–Trinajstić information content (AvgIpc) is 2.57. The third-order valence-corrected chi connectivity index (χ3v) is 4.24. The fourth-order valence-electron chi connectivity index (χ4n) is 2.74. The van der Waals surface area contributed by atoms with Crippen molar-refractivity contribution in [2.24, 2.45) is 0 Å². The minimum absolute atomic E-state index is 0.125. The van der Waals surface area contributed by atoms with Crippen molar-refractivity contribution in [3.8, 4) is 0 Å². The molecule has 0 aliphatic carbocycles. The van der Waals surface area contributed by atoms with Crippen LogP contribution in [0.1, 0.15) is 41.2 Å². The molecule has 114 valence electrons. The number of piperidine rings is 1. The second kappa shape index (κ2) is 6.95. The number of halogens is 1. The van der Waals surface area contributed by atoms with E-state index in [4.69, 9.17) is 11.6 Å². The lowest BCUT2D eigenvalue weighted by molar-refractivity contribution is 0.102. The summed E-state index contributed by atoms with van der Waals surface area (Å²) in [5.41, 5.74) is 2.69. The van der Waals surface area contributed by atoms with Gasteiger partial charge in [-0.1, -0.05) is 30.2 Å².